The molecule has 0 amide bonds. The summed E-state index contributed by atoms with van der Waals surface area (Å²) in [6.45, 7) is 1.94. The second-order valence-electron chi connectivity index (χ2n) is 5.82. The number of rotatable bonds is 5. The van der Waals surface area contributed by atoms with Crippen molar-refractivity contribution in [3.05, 3.63) is 71.4 Å². The molecule has 1 heterocycles. The summed E-state index contributed by atoms with van der Waals surface area (Å²) in [5.41, 5.74) is 2.77. The van der Waals surface area contributed by atoms with E-state index in [1.54, 1.807) is 30.5 Å². The van der Waals surface area contributed by atoms with Crippen molar-refractivity contribution in [3.8, 4) is 11.3 Å². The minimum atomic E-state index is -4.36. The van der Waals surface area contributed by atoms with Crippen LogP contribution in [0.15, 0.2) is 54.7 Å². The van der Waals surface area contributed by atoms with Gasteiger partial charge in [0, 0.05) is 35.1 Å². The molecule has 0 radical (unpaired) electrons. The van der Waals surface area contributed by atoms with Crippen LogP contribution in [0.2, 0.25) is 0 Å². The third kappa shape index (κ3) is 3.93. The lowest BCUT2D eigenvalue weighted by Gasteiger charge is -2.09. The maximum atomic E-state index is 12.7. The number of carbonyl (C=O) groups is 1. The SMILES string of the molecule is CC(=O)c1ccc(NCc2c[nH]nc2-c2ccc(C(F)(F)F)cc2)cc1. The molecule has 0 bridgehead atoms. The number of ketones is 1. The van der Waals surface area contributed by atoms with E-state index in [-0.39, 0.29) is 5.78 Å². The number of halogens is 3. The van der Waals surface area contributed by atoms with Gasteiger partial charge in [-0.2, -0.15) is 18.3 Å². The summed E-state index contributed by atoms with van der Waals surface area (Å²) in [5.74, 6) is -0.00373. The standard InChI is InChI=1S/C19H16F3N3O/c1-12(26)13-4-8-17(9-5-13)23-10-15-11-24-25-18(15)14-2-6-16(7-3-14)19(20,21)22/h2-9,11,23H,10H2,1H3,(H,24,25). The molecule has 0 saturated carbocycles. The Morgan fingerprint density at radius 2 is 1.73 bits per heavy atom. The highest BCUT2D eigenvalue weighted by molar-refractivity contribution is 5.94. The van der Waals surface area contributed by atoms with Gasteiger partial charge in [-0.05, 0) is 43.3 Å². The largest absolute Gasteiger partial charge is 0.416 e. The van der Waals surface area contributed by atoms with Gasteiger partial charge in [-0.15, -0.1) is 0 Å². The Hall–Kier alpha value is -3.09. The second-order valence-corrected chi connectivity index (χ2v) is 5.82. The van der Waals surface area contributed by atoms with Crippen LogP contribution in [-0.2, 0) is 12.7 Å². The third-order valence-corrected chi connectivity index (χ3v) is 3.98. The number of hydrogen-bond acceptors (Lipinski definition) is 3. The van der Waals surface area contributed by atoms with E-state index in [4.69, 9.17) is 0 Å². The molecule has 26 heavy (non-hydrogen) atoms. The van der Waals surface area contributed by atoms with Gasteiger partial charge in [0.25, 0.3) is 0 Å². The molecule has 3 rings (SSSR count). The minimum Gasteiger partial charge on any atom is -0.381 e. The van der Waals surface area contributed by atoms with Gasteiger partial charge in [0.1, 0.15) is 0 Å². The number of anilines is 1. The highest BCUT2D eigenvalue weighted by Crippen LogP contribution is 2.31. The molecule has 0 fully saturated rings. The van der Waals surface area contributed by atoms with Crippen LogP contribution in [0.25, 0.3) is 11.3 Å². The Kier molecular flexibility index (Phi) is 4.79. The summed E-state index contributed by atoms with van der Waals surface area (Å²) in [7, 11) is 0. The van der Waals surface area contributed by atoms with Crippen molar-refractivity contribution in [2.45, 2.75) is 19.6 Å². The van der Waals surface area contributed by atoms with Gasteiger partial charge in [0.15, 0.2) is 5.78 Å². The molecular weight excluding hydrogens is 343 g/mol. The molecule has 0 unspecified atom stereocenters. The van der Waals surface area contributed by atoms with E-state index in [0.29, 0.717) is 23.4 Å². The second kappa shape index (κ2) is 7.03. The quantitative estimate of drug-likeness (QED) is 0.637. The van der Waals surface area contributed by atoms with E-state index in [0.717, 1.165) is 23.4 Å². The zero-order chi connectivity index (χ0) is 18.7. The molecule has 0 aliphatic carbocycles. The lowest BCUT2D eigenvalue weighted by atomic mass is 10.1. The highest BCUT2D eigenvalue weighted by Gasteiger charge is 2.30. The normalized spacial score (nSPS) is 11.4. The van der Waals surface area contributed by atoms with Crippen LogP contribution >= 0.6 is 0 Å². The van der Waals surface area contributed by atoms with Crippen LogP contribution in [0.1, 0.15) is 28.4 Å². The smallest absolute Gasteiger partial charge is 0.381 e. The molecule has 7 heteroatoms. The maximum Gasteiger partial charge on any atom is 0.416 e. The van der Waals surface area contributed by atoms with Gasteiger partial charge in [0.2, 0.25) is 0 Å². The predicted octanol–water partition coefficient (Wildman–Crippen LogP) is 4.91. The van der Waals surface area contributed by atoms with Crippen LogP contribution in [0.4, 0.5) is 18.9 Å². The van der Waals surface area contributed by atoms with E-state index >= 15 is 0 Å². The van der Waals surface area contributed by atoms with E-state index in [9.17, 15) is 18.0 Å². The first kappa shape index (κ1) is 17.7. The Labute approximate surface area is 148 Å². The van der Waals surface area contributed by atoms with Gasteiger partial charge in [-0.25, -0.2) is 0 Å². The van der Waals surface area contributed by atoms with E-state index in [1.165, 1.54) is 19.1 Å². The van der Waals surface area contributed by atoms with Crippen LogP contribution in [0, 0.1) is 0 Å². The molecule has 1 aromatic heterocycles. The number of carbonyl (C=O) groups excluding carboxylic acids is 1. The van der Waals surface area contributed by atoms with E-state index in [2.05, 4.69) is 15.5 Å². The van der Waals surface area contributed by atoms with Crippen LogP contribution < -0.4 is 5.32 Å². The molecule has 134 valence electrons. The lowest BCUT2D eigenvalue weighted by Crippen LogP contribution is -2.04. The average Bonchev–Trinajstić information content (AvgIpc) is 3.08. The zero-order valence-electron chi connectivity index (χ0n) is 13.9. The average molecular weight is 359 g/mol. The summed E-state index contributed by atoms with van der Waals surface area (Å²) < 4.78 is 38.0. The number of aromatic amines is 1. The lowest BCUT2D eigenvalue weighted by molar-refractivity contribution is -0.137. The minimum absolute atomic E-state index is 0.00373. The monoisotopic (exact) mass is 359 g/mol. The molecule has 0 aliphatic heterocycles. The summed E-state index contributed by atoms with van der Waals surface area (Å²) in [4.78, 5) is 11.3. The molecule has 0 aliphatic rings. The number of hydrogen-bond donors (Lipinski definition) is 2. The molecular formula is C19H16F3N3O. The number of benzene rings is 2. The molecule has 4 nitrogen and oxygen atoms in total. The van der Waals surface area contributed by atoms with Gasteiger partial charge in [0.05, 0.1) is 11.3 Å². The van der Waals surface area contributed by atoms with Crippen LogP contribution in [-0.4, -0.2) is 16.0 Å². The summed E-state index contributed by atoms with van der Waals surface area (Å²) >= 11 is 0. The summed E-state index contributed by atoms with van der Waals surface area (Å²) in [6.07, 6.45) is -2.66. The fourth-order valence-electron chi connectivity index (χ4n) is 2.54. The number of Topliss-reactive ketones (excluding diaryl/α,β-unsaturated/α-hetero) is 1. The predicted molar refractivity (Wildman–Crippen MR) is 92.8 cm³/mol. The fourth-order valence-corrected chi connectivity index (χ4v) is 2.54. The Morgan fingerprint density at radius 3 is 2.31 bits per heavy atom. The summed E-state index contributed by atoms with van der Waals surface area (Å²) in [5, 5.41) is 10.1. The van der Waals surface area contributed by atoms with Crippen molar-refractivity contribution in [2.75, 3.05) is 5.32 Å². The number of aromatic nitrogens is 2. The highest BCUT2D eigenvalue weighted by atomic mass is 19.4. The maximum absolute atomic E-state index is 12.7. The van der Waals surface area contributed by atoms with Crippen molar-refractivity contribution >= 4 is 11.5 Å². The Balaban J connectivity index is 1.73. The van der Waals surface area contributed by atoms with Gasteiger partial charge >= 0.3 is 6.18 Å². The first-order chi connectivity index (χ1) is 12.3. The number of nitrogens with one attached hydrogen (secondary N) is 2. The van der Waals surface area contributed by atoms with Crippen molar-refractivity contribution in [1.29, 1.82) is 0 Å². The summed E-state index contributed by atoms with van der Waals surface area (Å²) in [6, 6.07) is 12.0. The number of H-pyrrole nitrogens is 1. The van der Waals surface area contributed by atoms with Crippen molar-refractivity contribution in [1.82, 2.24) is 10.2 Å². The molecule has 2 N–H and O–H groups in total. The molecule has 2 aromatic carbocycles. The molecule has 0 atom stereocenters. The van der Waals surface area contributed by atoms with Gasteiger partial charge in [-0.3, -0.25) is 9.89 Å². The number of alkyl halides is 3. The first-order valence-corrected chi connectivity index (χ1v) is 7.90. The van der Waals surface area contributed by atoms with Crippen molar-refractivity contribution in [2.24, 2.45) is 0 Å². The Morgan fingerprint density at radius 1 is 1.08 bits per heavy atom. The van der Waals surface area contributed by atoms with Crippen LogP contribution in [0.5, 0.6) is 0 Å². The topological polar surface area (TPSA) is 57.8 Å². The number of nitrogens with zero attached hydrogens (tertiary/aromatic N) is 1. The molecule has 0 saturated heterocycles. The van der Waals surface area contributed by atoms with E-state index < -0.39 is 11.7 Å². The van der Waals surface area contributed by atoms with Gasteiger partial charge < -0.3 is 5.32 Å². The van der Waals surface area contributed by atoms with Crippen molar-refractivity contribution in [3.63, 3.8) is 0 Å². The fraction of sp³-hybridized carbons (Fsp3) is 0.158. The molecule has 0 spiro atoms. The Bertz CT molecular complexity index is 897. The first-order valence-electron chi connectivity index (χ1n) is 7.90. The molecule has 3 aromatic rings. The van der Waals surface area contributed by atoms with E-state index in [1.807, 2.05) is 0 Å². The van der Waals surface area contributed by atoms with Crippen molar-refractivity contribution < 1.29 is 18.0 Å². The van der Waals surface area contributed by atoms with Crippen LogP contribution in [0.3, 0.4) is 0 Å². The third-order valence-electron chi connectivity index (χ3n) is 3.98. The van der Waals surface area contributed by atoms with Gasteiger partial charge in [-0.1, -0.05) is 12.1 Å². The zero-order valence-corrected chi connectivity index (χ0v) is 13.9.